The topological polar surface area (TPSA) is 58.5 Å². The van der Waals surface area contributed by atoms with Crippen molar-refractivity contribution in [2.75, 3.05) is 7.05 Å². The lowest BCUT2D eigenvalue weighted by molar-refractivity contribution is 0.201. The van der Waals surface area contributed by atoms with Crippen molar-refractivity contribution in [1.29, 1.82) is 0 Å². The summed E-state index contributed by atoms with van der Waals surface area (Å²) in [6, 6.07) is 6.12. The van der Waals surface area contributed by atoms with Crippen LogP contribution in [0, 0.1) is 0 Å². The molecule has 2 aromatic heterocycles. The van der Waals surface area contributed by atoms with Crippen LogP contribution < -0.4 is 15.4 Å². The van der Waals surface area contributed by atoms with Crippen molar-refractivity contribution in [3.8, 4) is 5.88 Å². The standard InChI is InChI=1S/C18H24N4OS/c1-19-18(22-12-15-7-9-24-13-15)21-11-14-6-8-20-17(10-14)23-16-4-2-3-5-16/h6-10,13,16H,2-5,11-12H2,1H3,(H2,19,21,22). The largest absolute Gasteiger partial charge is 0.474 e. The van der Waals surface area contributed by atoms with Crippen LogP contribution in [0.3, 0.4) is 0 Å². The molecule has 1 saturated carbocycles. The van der Waals surface area contributed by atoms with E-state index in [-0.39, 0.29) is 0 Å². The van der Waals surface area contributed by atoms with Crippen LogP contribution in [-0.4, -0.2) is 24.1 Å². The van der Waals surface area contributed by atoms with E-state index >= 15 is 0 Å². The lowest BCUT2D eigenvalue weighted by Gasteiger charge is -2.14. The molecule has 3 rings (SSSR count). The molecule has 1 aliphatic carbocycles. The SMILES string of the molecule is CN=C(NCc1ccsc1)NCc1ccnc(OC2CCCC2)c1. The molecule has 24 heavy (non-hydrogen) atoms. The Hall–Kier alpha value is -2.08. The predicted octanol–water partition coefficient (Wildman–Crippen LogP) is 3.33. The Morgan fingerprint density at radius 3 is 2.75 bits per heavy atom. The molecular weight excluding hydrogens is 320 g/mol. The van der Waals surface area contributed by atoms with Gasteiger partial charge in [0.05, 0.1) is 0 Å². The number of aromatic nitrogens is 1. The molecule has 0 spiro atoms. The predicted molar refractivity (Wildman–Crippen MR) is 98.5 cm³/mol. The third-order valence-electron chi connectivity index (χ3n) is 4.11. The van der Waals surface area contributed by atoms with Gasteiger partial charge in [0.1, 0.15) is 6.10 Å². The van der Waals surface area contributed by atoms with Crippen molar-refractivity contribution < 1.29 is 4.74 Å². The Morgan fingerprint density at radius 2 is 2.04 bits per heavy atom. The average Bonchev–Trinajstić information content (AvgIpc) is 3.29. The van der Waals surface area contributed by atoms with Gasteiger partial charge in [-0.1, -0.05) is 0 Å². The van der Waals surface area contributed by atoms with Crippen LogP contribution in [0.15, 0.2) is 40.1 Å². The minimum atomic E-state index is 0.334. The molecule has 0 unspecified atom stereocenters. The van der Waals surface area contributed by atoms with Crippen LogP contribution >= 0.6 is 11.3 Å². The highest BCUT2D eigenvalue weighted by molar-refractivity contribution is 7.07. The molecule has 0 aromatic carbocycles. The summed E-state index contributed by atoms with van der Waals surface area (Å²) in [4.78, 5) is 8.58. The van der Waals surface area contributed by atoms with E-state index in [1.54, 1.807) is 18.4 Å². The lowest BCUT2D eigenvalue weighted by Crippen LogP contribution is -2.36. The van der Waals surface area contributed by atoms with Crippen LogP contribution in [-0.2, 0) is 13.1 Å². The summed E-state index contributed by atoms with van der Waals surface area (Å²) >= 11 is 1.70. The van der Waals surface area contributed by atoms with Gasteiger partial charge in [-0.25, -0.2) is 4.98 Å². The van der Waals surface area contributed by atoms with E-state index in [2.05, 4.69) is 37.4 Å². The smallest absolute Gasteiger partial charge is 0.213 e. The van der Waals surface area contributed by atoms with E-state index in [4.69, 9.17) is 4.74 Å². The molecule has 5 nitrogen and oxygen atoms in total. The summed E-state index contributed by atoms with van der Waals surface area (Å²) in [6.45, 7) is 1.46. The fourth-order valence-electron chi connectivity index (χ4n) is 2.79. The first-order valence-corrected chi connectivity index (χ1v) is 9.35. The number of nitrogens with one attached hydrogen (secondary N) is 2. The van der Waals surface area contributed by atoms with Crippen molar-refractivity contribution in [2.24, 2.45) is 4.99 Å². The molecule has 0 atom stereocenters. The van der Waals surface area contributed by atoms with Crippen LogP contribution in [0.1, 0.15) is 36.8 Å². The van der Waals surface area contributed by atoms with Crippen molar-refractivity contribution in [3.05, 3.63) is 46.3 Å². The van der Waals surface area contributed by atoms with Gasteiger partial charge in [0.25, 0.3) is 0 Å². The Kier molecular flexibility index (Phi) is 6.07. The van der Waals surface area contributed by atoms with E-state index < -0.39 is 0 Å². The Bertz CT molecular complexity index is 651. The third-order valence-corrected chi connectivity index (χ3v) is 4.84. The fourth-order valence-corrected chi connectivity index (χ4v) is 3.46. The minimum absolute atomic E-state index is 0.334. The number of hydrogen-bond donors (Lipinski definition) is 2. The summed E-state index contributed by atoms with van der Waals surface area (Å²) in [6.07, 6.45) is 6.95. The first-order valence-electron chi connectivity index (χ1n) is 8.40. The summed E-state index contributed by atoms with van der Waals surface area (Å²) in [5, 5.41) is 10.9. The molecule has 1 aliphatic rings. The second-order valence-electron chi connectivity index (χ2n) is 5.94. The zero-order chi connectivity index (χ0) is 16.6. The van der Waals surface area contributed by atoms with Gasteiger partial charge in [-0.2, -0.15) is 11.3 Å². The molecule has 0 saturated heterocycles. The zero-order valence-corrected chi connectivity index (χ0v) is 14.8. The molecule has 2 aromatic rings. The van der Waals surface area contributed by atoms with Gasteiger partial charge in [0.15, 0.2) is 5.96 Å². The maximum Gasteiger partial charge on any atom is 0.213 e. The first-order chi connectivity index (χ1) is 11.8. The molecule has 1 fully saturated rings. The van der Waals surface area contributed by atoms with Crippen molar-refractivity contribution in [2.45, 2.75) is 44.9 Å². The molecule has 0 bridgehead atoms. The fraction of sp³-hybridized carbons (Fsp3) is 0.444. The summed E-state index contributed by atoms with van der Waals surface area (Å²) in [5.41, 5.74) is 2.40. The van der Waals surface area contributed by atoms with Crippen LogP contribution in [0.2, 0.25) is 0 Å². The average molecular weight is 344 g/mol. The molecule has 128 valence electrons. The van der Waals surface area contributed by atoms with Gasteiger partial charge in [0.2, 0.25) is 5.88 Å². The molecule has 2 heterocycles. The number of nitrogens with zero attached hydrogens (tertiary/aromatic N) is 2. The molecule has 2 N–H and O–H groups in total. The number of pyridine rings is 1. The van der Waals surface area contributed by atoms with Crippen LogP contribution in [0.5, 0.6) is 5.88 Å². The maximum atomic E-state index is 5.96. The van der Waals surface area contributed by atoms with Gasteiger partial charge in [-0.05, 0) is 59.7 Å². The lowest BCUT2D eigenvalue weighted by atomic mass is 10.2. The van der Waals surface area contributed by atoms with E-state index in [0.29, 0.717) is 12.6 Å². The van der Waals surface area contributed by atoms with Gasteiger partial charge in [0, 0.05) is 32.4 Å². The van der Waals surface area contributed by atoms with E-state index in [0.717, 1.165) is 36.8 Å². The summed E-state index contributed by atoms with van der Waals surface area (Å²) in [5.74, 6) is 1.51. The van der Waals surface area contributed by atoms with Crippen molar-refractivity contribution in [1.82, 2.24) is 15.6 Å². The van der Waals surface area contributed by atoms with Crippen molar-refractivity contribution >= 4 is 17.3 Å². The number of ether oxygens (including phenoxy) is 1. The van der Waals surface area contributed by atoms with E-state index in [1.165, 1.54) is 18.4 Å². The highest BCUT2D eigenvalue weighted by Crippen LogP contribution is 2.23. The maximum absolute atomic E-state index is 5.96. The number of guanidine groups is 1. The monoisotopic (exact) mass is 344 g/mol. The van der Waals surface area contributed by atoms with Gasteiger partial charge in [-0.3, -0.25) is 4.99 Å². The Balaban J connectivity index is 1.49. The minimum Gasteiger partial charge on any atom is -0.474 e. The molecule has 6 heteroatoms. The number of rotatable bonds is 6. The van der Waals surface area contributed by atoms with E-state index in [1.807, 2.05) is 18.3 Å². The Labute approximate surface area is 147 Å². The second-order valence-corrected chi connectivity index (χ2v) is 6.72. The zero-order valence-electron chi connectivity index (χ0n) is 14.0. The number of thiophene rings is 1. The van der Waals surface area contributed by atoms with Crippen LogP contribution in [0.4, 0.5) is 0 Å². The number of hydrogen-bond acceptors (Lipinski definition) is 4. The molecular formula is C18H24N4OS. The summed E-state index contributed by atoms with van der Waals surface area (Å²) in [7, 11) is 1.78. The molecule has 0 radical (unpaired) electrons. The second kappa shape index (κ2) is 8.68. The van der Waals surface area contributed by atoms with Crippen LogP contribution in [0.25, 0.3) is 0 Å². The van der Waals surface area contributed by atoms with Crippen molar-refractivity contribution in [3.63, 3.8) is 0 Å². The van der Waals surface area contributed by atoms with E-state index in [9.17, 15) is 0 Å². The highest BCUT2D eigenvalue weighted by Gasteiger charge is 2.17. The van der Waals surface area contributed by atoms with Gasteiger partial charge in [-0.15, -0.1) is 0 Å². The number of aliphatic imine (C=N–C) groups is 1. The third kappa shape index (κ3) is 4.96. The molecule has 0 aliphatic heterocycles. The first kappa shape index (κ1) is 16.8. The normalized spacial score (nSPS) is 15.5. The van der Waals surface area contributed by atoms with Gasteiger partial charge >= 0.3 is 0 Å². The molecule has 0 amide bonds. The quantitative estimate of drug-likeness (QED) is 0.623. The highest BCUT2D eigenvalue weighted by atomic mass is 32.1. The van der Waals surface area contributed by atoms with Gasteiger partial charge < -0.3 is 15.4 Å². The summed E-state index contributed by atoms with van der Waals surface area (Å²) < 4.78 is 5.96. The Morgan fingerprint density at radius 1 is 1.25 bits per heavy atom.